The molecule has 0 radical (unpaired) electrons. The summed E-state index contributed by atoms with van der Waals surface area (Å²) in [7, 11) is 0. The molecule has 1 spiro atoms. The van der Waals surface area contributed by atoms with Gasteiger partial charge < -0.3 is 14.4 Å². The number of rotatable bonds is 2. The van der Waals surface area contributed by atoms with E-state index >= 15 is 0 Å². The van der Waals surface area contributed by atoms with Gasteiger partial charge in [-0.2, -0.15) is 0 Å². The number of ether oxygens (including phenoxy) is 2. The first-order chi connectivity index (χ1) is 9.99. The lowest BCUT2D eigenvalue weighted by atomic mass is 9.90. The topological polar surface area (TPSA) is 55.8 Å². The lowest BCUT2D eigenvalue weighted by molar-refractivity contribution is -0.142. The van der Waals surface area contributed by atoms with E-state index in [9.17, 15) is 18.4 Å². The molecule has 1 unspecified atom stereocenters. The molecule has 2 rings (SSSR count). The van der Waals surface area contributed by atoms with Gasteiger partial charge in [0.25, 0.3) is 5.92 Å². The fourth-order valence-corrected chi connectivity index (χ4v) is 3.15. The van der Waals surface area contributed by atoms with Crippen LogP contribution >= 0.6 is 0 Å². The maximum atomic E-state index is 14.1. The van der Waals surface area contributed by atoms with E-state index in [-0.39, 0.29) is 32.5 Å². The van der Waals surface area contributed by atoms with Gasteiger partial charge in [-0.3, -0.25) is 4.79 Å². The summed E-state index contributed by atoms with van der Waals surface area (Å²) < 4.78 is 38.1. The number of likely N-dealkylation sites (tertiary alicyclic amines) is 1. The summed E-state index contributed by atoms with van der Waals surface area (Å²) in [5.41, 5.74) is -1.74. The lowest BCUT2D eigenvalue weighted by Crippen LogP contribution is -2.43. The number of hydrogen-bond donors (Lipinski definition) is 0. The fourth-order valence-electron chi connectivity index (χ4n) is 3.15. The van der Waals surface area contributed by atoms with Gasteiger partial charge in [0.05, 0.1) is 5.92 Å². The van der Waals surface area contributed by atoms with Crippen LogP contribution in [0.4, 0.5) is 13.6 Å². The Hall–Kier alpha value is -1.40. The Balaban J connectivity index is 1.91. The van der Waals surface area contributed by atoms with Crippen LogP contribution in [0.1, 0.15) is 40.5 Å². The molecule has 0 aromatic heterocycles. The molecule has 0 N–H and O–H groups in total. The molecule has 1 heterocycles. The van der Waals surface area contributed by atoms with Crippen molar-refractivity contribution in [2.24, 2.45) is 11.3 Å². The zero-order chi connectivity index (χ0) is 16.8. The maximum absolute atomic E-state index is 14.1. The summed E-state index contributed by atoms with van der Waals surface area (Å²) in [5.74, 6) is -4.32. The van der Waals surface area contributed by atoms with Gasteiger partial charge in [0, 0.05) is 25.4 Å². The Morgan fingerprint density at radius 3 is 2.23 bits per heavy atom. The van der Waals surface area contributed by atoms with Gasteiger partial charge in [-0.05, 0) is 33.6 Å². The predicted octanol–water partition coefficient (Wildman–Crippen LogP) is 2.83. The molecular weight excluding hydrogens is 296 g/mol. The van der Waals surface area contributed by atoms with E-state index < -0.39 is 34.9 Å². The molecule has 1 aliphatic carbocycles. The van der Waals surface area contributed by atoms with Crippen LogP contribution in [0.25, 0.3) is 0 Å². The minimum absolute atomic E-state index is 0.200. The first-order valence-electron chi connectivity index (χ1n) is 7.49. The summed E-state index contributed by atoms with van der Waals surface area (Å²) in [6, 6.07) is 0. The number of carbonyl (C=O) groups is 2. The van der Waals surface area contributed by atoms with E-state index in [2.05, 4.69) is 0 Å². The molecule has 0 aromatic carbocycles. The molecule has 22 heavy (non-hydrogen) atoms. The standard InChI is InChI=1S/C15H23F2NO4/c1-10(19)21-9-11-14(15(11,16)17)5-7-18(8-6-14)12(20)22-13(2,3)4/h11H,5-9H2,1-4H3. The van der Waals surface area contributed by atoms with E-state index in [1.54, 1.807) is 20.8 Å². The second-order valence-electron chi connectivity index (χ2n) is 7.10. The second-order valence-corrected chi connectivity index (χ2v) is 7.10. The van der Waals surface area contributed by atoms with E-state index in [1.165, 1.54) is 11.8 Å². The Bertz CT molecular complexity index is 465. The highest BCUT2D eigenvalue weighted by molar-refractivity contribution is 5.68. The molecule has 0 bridgehead atoms. The van der Waals surface area contributed by atoms with Crippen molar-refractivity contribution in [2.45, 2.75) is 52.1 Å². The Morgan fingerprint density at radius 1 is 1.23 bits per heavy atom. The highest BCUT2D eigenvalue weighted by Gasteiger charge is 2.80. The SMILES string of the molecule is CC(=O)OCC1C(F)(F)C12CCN(C(=O)OC(C)(C)C)CC2. The van der Waals surface area contributed by atoms with Gasteiger partial charge in [-0.1, -0.05) is 0 Å². The van der Waals surface area contributed by atoms with Crippen molar-refractivity contribution in [3.05, 3.63) is 0 Å². The average Bonchev–Trinajstić information content (AvgIpc) is 2.80. The highest BCUT2D eigenvalue weighted by Crippen LogP contribution is 2.70. The Morgan fingerprint density at radius 2 is 1.77 bits per heavy atom. The minimum atomic E-state index is -2.83. The first kappa shape index (κ1) is 17.0. The van der Waals surface area contributed by atoms with Crippen LogP contribution < -0.4 is 0 Å². The molecule has 126 valence electrons. The Kier molecular flexibility index (Phi) is 4.13. The molecule has 1 saturated carbocycles. The number of nitrogens with zero attached hydrogens (tertiary/aromatic N) is 1. The van der Waals surface area contributed by atoms with Gasteiger partial charge in [0.2, 0.25) is 0 Å². The number of carbonyl (C=O) groups excluding carboxylic acids is 2. The molecule has 7 heteroatoms. The molecule has 1 atom stereocenters. The van der Waals surface area contributed by atoms with Crippen LogP contribution in [0.15, 0.2) is 0 Å². The number of hydrogen-bond acceptors (Lipinski definition) is 4. The van der Waals surface area contributed by atoms with E-state index in [0.717, 1.165) is 0 Å². The molecular formula is C15H23F2NO4. The summed E-state index contributed by atoms with van der Waals surface area (Å²) >= 11 is 0. The molecule has 2 fully saturated rings. The summed E-state index contributed by atoms with van der Waals surface area (Å²) in [5, 5.41) is 0. The van der Waals surface area contributed by atoms with Crippen LogP contribution in [0.5, 0.6) is 0 Å². The van der Waals surface area contributed by atoms with Gasteiger partial charge in [-0.15, -0.1) is 0 Å². The predicted molar refractivity (Wildman–Crippen MR) is 74.5 cm³/mol. The third kappa shape index (κ3) is 3.03. The van der Waals surface area contributed by atoms with Crippen molar-refractivity contribution in [1.29, 1.82) is 0 Å². The number of halogens is 2. The van der Waals surface area contributed by atoms with Crippen LogP contribution in [0.2, 0.25) is 0 Å². The normalized spacial score (nSPS) is 25.7. The van der Waals surface area contributed by atoms with Crippen LogP contribution in [-0.2, 0) is 14.3 Å². The number of piperidine rings is 1. The fraction of sp³-hybridized carbons (Fsp3) is 0.867. The summed E-state index contributed by atoms with van der Waals surface area (Å²) in [4.78, 5) is 24.2. The molecule has 2 aliphatic rings. The number of alkyl halides is 2. The van der Waals surface area contributed by atoms with E-state index in [4.69, 9.17) is 9.47 Å². The molecule has 0 aromatic rings. The van der Waals surface area contributed by atoms with Crippen molar-refractivity contribution < 1.29 is 27.8 Å². The average molecular weight is 319 g/mol. The molecule has 5 nitrogen and oxygen atoms in total. The number of esters is 1. The third-order valence-corrected chi connectivity index (χ3v) is 4.45. The van der Waals surface area contributed by atoms with Crippen LogP contribution in [0, 0.1) is 11.3 Å². The molecule has 1 amide bonds. The van der Waals surface area contributed by atoms with E-state index in [0.29, 0.717) is 0 Å². The zero-order valence-electron chi connectivity index (χ0n) is 13.4. The summed E-state index contributed by atoms with van der Waals surface area (Å²) in [6.45, 7) is 6.72. The number of amides is 1. The van der Waals surface area contributed by atoms with Gasteiger partial charge in [0.15, 0.2) is 0 Å². The summed E-state index contributed by atoms with van der Waals surface area (Å²) in [6.07, 6.45) is -0.0704. The lowest BCUT2D eigenvalue weighted by Gasteiger charge is -2.34. The van der Waals surface area contributed by atoms with Crippen molar-refractivity contribution in [2.75, 3.05) is 19.7 Å². The second kappa shape index (κ2) is 5.35. The van der Waals surface area contributed by atoms with Gasteiger partial charge >= 0.3 is 12.1 Å². The first-order valence-corrected chi connectivity index (χ1v) is 7.49. The minimum Gasteiger partial charge on any atom is -0.465 e. The smallest absolute Gasteiger partial charge is 0.410 e. The van der Waals surface area contributed by atoms with Gasteiger partial charge in [0.1, 0.15) is 12.2 Å². The van der Waals surface area contributed by atoms with Crippen molar-refractivity contribution in [3.63, 3.8) is 0 Å². The quantitative estimate of drug-likeness (QED) is 0.735. The highest BCUT2D eigenvalue weighted by atomic mass is 19.3. The Labute approximate surface area is 128 Å². The largest absolute Gasteiger partial charge is 0.465 e. The third-order valence-electron chi connectivity index (χ3n) is 4.45. The van der Waals surface area contributed by atoms with Gasteiger partial charge in [-0.25, -0.2) is 13.6 Å². The monoisotopic (exact) mass is 319 g/mol. The van der Waals surface area contributed by atoms with E-state index in [1.807, 2.05) is 0 Å². The van der Waals surface area contributed by atoms with Crippen molar-refractivity contribution in [3.8, 4) is 0 Å². The van der Waals surface area contributed by atoms with Crippen molar-refractivity contribution >= 4 is 12.1 Å². The molecule has 1 saturated heterocycles. The van der Waals surface area contributed by atoms with Crippen LogP contribution in [0.3, 0.4) is 0 Å². The maximum Gasteiger partial charge on any atom is 0.410 e. The molecule has 1 aliphatic heterocycles. The van der Waals surface area contributed by atoms with Crippen LogP contribution in [-0.4, -0.2) is 48.2 Å². The zero-order valence-corrected chi connectivity index (χ0v) is 13.4. The van der Waals surface area contributed by atoms with Crippen molar-refractivity contribution in [1.82, 2.24) is 4.90 Å².